The molecule has 2 atom stereocenters. The molecule has 0 aliphatic heterocycles. The van der Waals surface area contributed by atoms with E-state index in [0.29, 0.717) is 11.1 Å². The van der Waals surface area contributed by atoms with Crippen LogP contribution in [0.5, 0.6) is 0 Å². The second-order valence-corrected chi connectivity index (χ2v) is 4.63. The number of aliphatic hydroxyl groups is 2. The Labute approximate surface area is 108 Å². The predicted molar refractivity (Wildman–Crippen MR) is 72.7 cm³/mol. The molecule has 2 unspecified atom stereocenters. The lowest BCUT2D eigenvalue weighted by atomic mass is 9.88. The van der Waals surface area contributed by atoms with Crippen LogP contribution >= 0.6 is 0 Å². The minimum atomic E-state index is -1.31. The number of pyridine rings is 1. The van der Waals surface area contributed by atoms with Crippen LogP contribution < -0.4 is 0 Å². The van der Waals surface area contributed by atoms with E-state index in [1.54, 1.807) is 6.07 Å². The molecule has 0 saturated carbocycles. The van der Waals surface area contributed by atoms with E-state index in [1.165, 1.54) is 0 Å². The van der Waals surface area contributed by atoms with Gasteiger partial charge in [-0.3, -0.25) is 4.98 Å². The van der Waals surface area contributed by atoms with Crippen LogP contribution in [0.15, 0.2) is 18.2 Å². The molecule has 92 valence electrons. The molecule has 0 fully saturated rings. The minimum Gasteiger partial charge on any atom is -0.400 e. The molecule has 2 N–H and O–H groups in total. The zero-order chi connectivity index (χ0) is 13.4. The fourth-order valence-electron chi connectivity index (χ4n) is 2.14. The molecule has 0 bridgehead atoms. The lowest BCUT2D eigenvalue weighted by Crippen LogP contribution is -2.18. The number of benzene rings is 1. The average molecular weight is 241 g/mol. The Morgan fingerprint density at radius 2 is 1.78 bits per heavy atom. The summed E-state index contributed by atoms with van der Waals surface area (Å²) in [7, 11) is 5.34. The maximum Gasteiger partial charge on any atom is 0.112 e. The standard InChI is InChI=1S/C14H16BNO2/c1-7-8(2)10-5-4-6-11(13(17)14(15)18)12(10)16-9(7)3/h4-6,13-14,17-18H,1-3H3. The molecule has 18 heavy (non-hydrogen) atoms. The summed E-state index contributed by atoms with van der Waals surface area (Å²) in [6.07, 6.45) is -1.12. The molecule has 2 aromatic rings. The van der Waals surface area contributed by atoms with Crippen LogP contribution in [0.25, 0.3) is 10.9 Å². The molecule has 1 aromatic heterocycles. The lowest BCUT2D eigenvalue weighted by molar-refractivity contribution is 0.0692. The maximum atomic E-state index is 9.93. The molecule has 2 radical (unpaired) electrons. The van der Waals surface area contributed by atoms with Gasteiger partial charge in [0, 0.05) is 22.6 Å². The van der Waals surface area contributed by atoms with Gasteiger partial charge in [-0.1, -0.05) is 18.2 Å². The van der Waals surface area contributed by atoms with E-state index in [2.05, 4.69) is 4.98 Å². The number of aliphatic hydroxyl groups excluding tert-OH is 2. The second kappa shape index (κ2) is 4.71. The molecule has 4 heteroatoms. The third-order valence-electron chi connectivity index (χ3n) is 3.50. The Morgan fingerprint density at radius 3 is 2.39 bits per heavy atom. The molecular formula is C14H16BNO2. The number of fused-ring (bicyclic) bond motifs is 1. The highest BCUT2D eigenvalue weighted by atomic mass is 16.3. The van der Waals surface area contributed by atoms with Gasteiger partial charge < -0.3 is 10.2 Å². The first-order valence-electron chi connectivity index (χ1n) is 5.91. The van der Waals surface area contributed by atoms with Gasteiger partial charge in [0.15, 0.2) is 0 Å². The topological polar surface area (TPSA) is 53.4 Å². The quantitative estimate of drug-likeness (QED) is 0.786. The number of rotatable bonds is 2. The zero-order valence-corrected chi connectivity index (χ0v) is 10.8. The first-order chi connectivity index (χ1) is 8.43. The van der Waals surface area contributed by atoms with E-state index in [9.17, 15) is 10.2 Å². The average Bonchev–Trinajstić information content (AvgIpc) is 2.34. The second-order valence-electron chi connectivity index (χ2n) is 4.63. The molecule has 0 aliphatic rings. The fourth-order valence-corrected chi connectivity index (χ4v) is 2.14. The van der Waals surface area contributed by atoms with Crippen LogP contribution in [0.4, 0.5) is 0 Å². The lowest BCUT2D eigenvalue weighted by Gasteiger charge is -2.18. The molecule has 0 aliphatic carbocycles. The number of aryl methyl sites for hydroxylation is 2. The molecule has 2 rings (SSSR count). The monoisotopic (exact) mass is 241 g/mol. The molecule has 1 heterocycles. The normalized spacial score (nSPS) is 14.7. The van der Waals surface area contributed by atoms with Gasteiger partial charge in [0.25, 0.3) is 0 Å². The van der Waals surface area contributed by atoms with E-state index in [4.69, 9.17) is 7.85 Å². The van der Waals surface area contributed by atoms with Crippen molar-refractivity contribution in [2.45, 2.75) is 32.9 Å². The van der Waals surface area contributed by atoms with Gasteiger partial charge in [-0.2, -0.15) is 0 Å². The van der Waals surface area contributed by atoms with Crippen molar-refractivity contribution < 1.29 is 10.2 Å². The predicted octanol–water partition coefficient (Wildman–Crippen LogP) is 1.68. The number of nitrogens with zero attached hydrogens (tertiary/aromatic N) is 1. The third-order valence-corrected chi connectivity index (χ3v) is 3.50. The fraction of sp³-hybridized carbons (Fsp3) is 0.357. The summed E-state index contributed by atoms with van der Waals surface area (Å²) in [6.45, 7) is 5.99. The van der Waals surface area contributed by atoms with Crippen LogP contribution in [-0.2, 0) is 0 Å². The zero-order valence-electron chi connectivity index (χ0n) is 10.8. The van der Waals surface area contributed by atoms with Crippen molar-refractivity contribution in [3.8, 4) is 0 Å². The van der Waals surface area contributed by atoms with Crippen molar-refractivity contribution >= 4 is 18.7 Å². The van der Waals surface area contributed by atoms with Crippen LogP contribution in [0.1, 0.15) is 28.5 Å². The van der Waals surface area contributed by atoms with Crippen LogP contribution in [0.3, 0.4) is 0 Å². The van der Waals surface area contributed by atoms with Gasteiger partial charge in [-0.05, 0) is 31.9 Å². The van der Waals surface area contributed by atoms with Crippen molar-refractivity contribution in [3.63, 3.8) is 0 Å². The van der Waals surface area contributed by atoms with Crippen LogP contribution in [0.2, 0.25) is 0 Å². The highest BCUT2D eigenvalue weighted by Crippen LogP contribution is 2.28. The Morgan fingerprint density at radius 1 is 1.11 bits per heavy atom. The summed E-state index contributed by atoms with van der Waals surface area (Å²) in [6, 6.07) is 4.24. The van der Waals surface area contributed by atoms with Crippen molar-refractivity contribution in [1.82, 2.24) is 4.98 Å². The summed E-state index contributed by atoms with van der Waals surface area (Å²) >= 11 is 0. The highest BCUT2D eigenvalue weighted by molar-refractivity contribution is 6.11. The smallest absolute Gasteiger partial charge is 0.112 e. The highest BCUT2D eigenvalue weighted by Gasteiger charge is 2.18. The van der Waals surface area contributed by atoms with Crippen LogP contribution in [0, 0.1) is 20.8 Å². The summed E-state index contributed by atoms with van der Waals surface area (Å²) in [5, 5.41) is 20.2. The number of para-hydroxylation sites is 1. The number of hydrogen-bond acceptors (Lipinski definition) is 3. The van der Waals surface area contributed by atoms with E-state index in [-0.39, 0.29) is 0 Å². The largest absolute Gasteiger partial charge is 0.400 e. The van der Waals surface area contributed by atoms with E-state index in [0.717, 1.165) is 22.2 Å². The van der Waals surface area contributed by atoms with Crippen molar-refractivity contribution in [1.29, 1.82) is 0 Å². The molecule has 0 spiro atoms. The summed E-state index contributed by atoms with van der Waals surface area (Å²) < 4.78 is 0. The summed E-state index contributed by atoms with van der Waals surface area (Å²) in [5.74, 6) is 0. The Bertz CT molecular complexity index is 596. The van der Waals surface area contributed by atoms with Crippen LogP contribution in [-0.4, -0.2) is 29.0 Å². The maximum absolute atomic E-state index is 9.93. The van der Waals surface area contributed by atoms with Gasteiger partial charge in [0.2, 0.25) is 0 Å². The first-order valence-corrected chi connectivity index (χ1v) is 5.91. The Kier molecular flexibility index (Phi) is 3.42. The Hall–Kier alpha value is -1.39. The molecule has 3 nitrogen and oxygen atoms in total. The number of hydrogen-bond donors (Lipinski definition) is 2. The van der Waals surface area contributed by atoms with Gasteiger partial charge in [0.1, 0.15) is 7.85 Å². The van der Waals surface area contributed by atoms with Gasteiger partial charge >= 0.3 is 0 Å². The molecule has 0 saturated heterocycles. The molecular weight excluding hydrogens is 225 g/mol. The van der Waals surface area contributed by atoms with Crippen molar-refractivity contribution in [3.05, 3.63) is 40.6 Å². The summed E-state index contributed by atoms with van der Waals surface area (Å²) in [5.41, 5.74) is 4.47. The van der Waals surface area contributed by atoms with E-state index < -0.39 is 12.1 Å². The third kappa shape index (κ3) is 2.02. The summed E-state index contributed by atoms with van der Waals surface area (Å²) in [4.78, 5) is 4.51. The molecule has 0 amide bonds. The molecule has 1 aromatic carbocycles. The first kappa shape index (κ1) is 13.1. The number of aromatic nitrogens is 1. The van der Waals surface area contributed by atoms with Gasteiger partial charge in [-0.25, -0.2) is 0 Å². The van der Waals surface area contributed by atoms with Crippen molar-refractivity contribution in [2.75, 3.05) is 0 Å². The minimum absolute atomic E-state index is 0.564. The SMILES string of the molecule is [B]C(O)C(O)c1cccc2c(C)c(C)c(C)nc12. The van der Waals surface area contributed by atoms with Crippen molar-refractivity contribution in [2.24, 2.45) is 0 Å². The van der Waals surface area contributed by atoms with Gasteiger partial charge in [0.05, 0.1) is 11.6 Å². The van der Waals surface area contributed by atoms with E-state index >= 15 is 0 Å². The van der Waals surface area contributed by atoms with Gasteiger partial charge in [-0.15, -0.1) is 0 Å². The van der Waals surface area contributed by atoms with E-state index in [1.807, 2.05) is 32.9 Å². The Balaban J connectivity index is 2.78.